The van der Waals surface area contributed by atoms with Gasteiger partial charge in [0.15, 0.2) is 0 Å². The Kier molecular flexibility index (Phi) is 3.38. The van der Waals surface area contributed by atoms with Crippen LogP contribution in [0.15, 0.2) is 18.3 Å². The number of nitriles is 1. The summed E-state index contributed by atoms with van der Waals surface area (Å²) in [6, 6.07) is 5.00. The molecule has 0 spiro atoms. The van der Waals surface area contributed by atoms with Gasteiger partial charge in [0.05, 0.1) is 17.3 Å². The van der Waals surface area contributed by atoms with Gasteiger partial charge in [0.1, 0.15) is 6.07 Å². The van der Waals surface area contributed by atoms with E-state index in [9.17, 15) is 0 Å². The van der Waals surface area contributed by atoms with Crippen molar-refractivity contribution in [2.45, 2.75) is 12.5 Å². The first-order valence-electron chi connectivity index (χ1n) is 4.01. The van der Waals surface area contributed by atoms with Crippen molar-refractivity contribution in [2.75, 3.05) is 6.61 Å². The number of pyridine rings is 1. The first-order chi connectivity index (χ1) is 6.29. The van der Waals surface area contributed by atoms with E-state index >= 15 is 0 Å². The maximum absolute atomic E-state index is 8.73. The second-order valence-corrected chi connectivity index (χ2v) is 2.67. The summed E-state index contributed by atoms with van der Waals surface area (Å²) in [5.74, 6) is 0. The van der Waals surface area contributed by atoms with Crippen LogP contribution in [0, 0.1) is 11.3 Å². The zero-order chi connectivity index (χ0) is 9.68. The zero-order valence-electron chi connectivity index (χ0n) is 7.14. The van der Waals surface area contributed by atoms with Gasteiger partial charge in [-0.1, -0.05) is 0 Å². The van der Waals surface area contributed by atoms with Gasteiger partial charge in [-0.2, -0.15) is 5.26 Å². The van der Waals surface area contributed by atoms with Gasteiger partial charge in [-0.05, 0) is 18.6 Å². The van der Waals surface area contributed by atoms with Gasteiger partial charge in [0.2, 0.25) is 0 Å². The van der Waals surface area contributed by atoms with Crippen molar-refractivity contribution >= 4 is 0 Å². The molecule has 0 fully saturated rings. The molecule has 0 aliphatic carbocycles. The Morgan fingerprint density at radius 3 is 3.08 bits per heavy atom. The molecule has 4 heteroatoms. The molecule has 0 saturated heterocycles. The van der Waals surface area contributed by atoms with E-state index in [1.165, 1.54) is 0 Å². The van der Waals surface area contributed by atoms with Crippen molar-refractivity contribution < 1.29 is 5.11 Å². The largest absolute Gasteiger partial charge is 0.396 e. The molecule has 1 heterocycles. The van der Waals surface area contributed by atoms with E-state index in [4.69, 9.17) is 16.1 Å². The molecule has 0 aromatic carbocycles. The summed E-state index contributed by atoms with van der Waals surface area (Å²) in [4.78, 5) is 4.01. The zero-order valence-corrected chi connectivity index (χ0v) is 7.14. The minimum absolute atomic E-state index is 0.00259. The first kappa shape index (κ1) is 9.65. The van der Waals surface area contributed by atoms with Crippen LogP contribution in [-0.4, -0.2) is 16.7 Å². The third-order valence-electron chi connectivity index (χ3n) is 1.75. The molecule has 13 heavy (non-hydrogen) atoms. The molecule has 1 unspecified atom stereocenters. The van der Waals surface area contributed by atoms with E-state index in [0.29, 0.717) is 17.7 Å². The van der Waals surface area contributed by atoms with Crippen molar-refractivity contribution in [3.8, 4) is 6.07 Å². The first-order valence-corrected chi connectivity index (χ1v) is 4.01. The Morgan fingerprint density at radius 2 is 2.46 bits per heavy atom. The van der Waals surface area contributed by atoms with E-state index in [1.807, 2.05) is 6.07 Å². The number of hydrogen-bond donors (Lipinski definition) is 2. The average Bonchev–Trinajstić information content (AvgIpc) is 2.18. The van der Waals surface area contributed by atoms with E-state index < -0.39 is 0 Å². The molecule has 1 aromatic rings. The minimum atomic E-state index is -0.360. The average molecular weight is 177 g/mol. The van der Waals surface area contributed by atoms with Crippen LogP contribution < -0.4 is 5.73 Å². The van der Waals surface area contributed by atoms with Gasteiger partial charge in [-0.3, -0.25) is 4.98 Å². The molecule has 3 N–H and O–H groups in total. The van der Waals surface area contributed by atoms with Crippen molar-refractivity contribution in [2.24, 2.45) is 5.73 Å². The van der Waals surface area contributed by atoms with E-state index in [-0.39, 0.29) is 12.6 Å². The third kappa shape index (κ3) is 2.25. The van der Waals surface area contributed by atoms with E-state index in [2.05, 4.69) is 4.98 Å². The van der Waals surface area contributed by atoms with Crippen LogP contribution in [0.1, 0.15) is 23.7 Å². The molecule has 4 nitrogen and oxygen atoms in total. The van der Waals surface area contributed by atoms with Gasteiger partial charge >= 0.3 is 0 Å². The second-order valence-electron chi connectivity index (χ2n) is 2.67. The topological polar surface area (TPSA) is 82.9 Å². The Morgan fingerprint density at radius 1 is 1.69 bits per heavy atom. The summed E-state index contributed by atoms with van der Waals surface area (Å²) in [5.41, 5.74) is 6.74. The highest BCUT2D eigenvalue weighted by molar-refractivity contribution is 5.34. The lowest BCUT2D eigenvalue weighted by Crippen LogP contribution is -2.15. The van der Waals surface area contributed by atoms with Crippen molar-refractivity contribution in [1.29, 1.82) is 5.26 Å². The summed E-state index contributed by atoms with van der Waals surface area (Å²) >= 11 is 0. The van der Waals surface area contributed by atoms with Crippen LogP contribution in [0.4, 0.5) is 0 Å². The van der Waals surface area contributed by atoms with Gasteiger partial charge < -0.3 is 10.8 Å². The Labute approximate surface area is 76.6 Å². The third-order valence-corrected chi connectivity index (χ3v) is 1.75. The predicted molar refractivity (Wildman–Crippen MR) is 47.6 cm³/mol. The highest BCUT2D eigenvalue weighted by Gasteiger charge is 2.10. The van der Waals surface area contributed by atoms with E-state index in [1.54, 1.807) is 18.3 Å². The van der Waals surface area contributed by atoms with Crippen molar-refractivity contribution in [3.05, 3.63) is 29.6 Å². The number of aliphatic hydroxyl groups excluding tert-OH is 1. The molecule has 0 aliphatic rings. The summed E-state index contributed by atoms with van der Waals surface area (Å²) in [6.45, 7) is 0.00259. The fourth-order valence-electron chi connectivity index (χ4n) is 1.08. The lowest BCUT2D eigenvalue weighted by Gasteiger charge is -2.09. The van der Waals surface area contributed by atoms with Crippen LogP contribution in [0.5, 0.6) is 0 Å². The van der Waals surface area contributed by atoms with E-state index in [0.717, 1.165) is 0 Å². The standard InChI is InChI=1S/C9H11N3O/c10-6-7-2-1-4-12-9(7)8(11)3-5-13/h1-2,4,8,13H,3,5,11H2. The SMILES string of the molecule is N#Cc1cccnc1C(N)CCO. The van der Waals surface area contributed by atoms with Gasteiger partial charge in [0.25, 0.3) is 0 Å². The number of aliphatic hydroxyl groups is 1. The Balaban J connectivity index is 2.93. The molecule has 0 radical (unpaired) electrons. The van der Waals surface area contributed by atoms with Crippen LogP contribution in [-0.2, 0) is 0 Å². The highest BCUT2D eigenvalue weighted by atomic mass is 16.3. The Hall–Kier alpha value is -1.44. The molecule has 0 bridgehead atoms. The number of hydrogen-bond acceptors (Lipinski definition) is 4. The number of rotatable bonds is 3. The smallest absolute Gasteiger partial charge is 0.101 e. The lowest BCUT2D eigenvalue weighted by atomic mass is 10.1. The molecule has 1 aromatic heterocycles. The normalized spacial score (nSPS) is 12.1. The summed E-state index contributed by atoms with van der Waals surface area (Å²) in [7, 11) is 0. The summed E-state index contributed by atoms with van der Waals surface area (Å²) in [6.07, 6.45) is 2.01. The Bertz CT molecular complexity index is 319. The predicted octanol–water partition coefficient (Wildman–Crippen LogP) is 0.335. The van der Waals surface area contributed by atoms with Gasteiger partial charge in [-0.15, -0.1) is 0 Å². The van der Waals surface area contributed by atoms with Crippen LogP contribution in [0.3, 0.4) is 0 Å². The molecule has 68 valence electrons. The minimum Gasteiger partial charge on any atom is -0.396 e. The quantitative estimate of drug-likeness (QED) is 0.697. The maximum Gasteiger partial charge on any atom is 0.101 e. The molecule has 0 aliphatic heterocycles. The van der Waals surface area contributed by atoms with Crippen LogP contribution in [0.25, 0.3) is 0 Å². The number of nitrogens with two attached hydrogens (primary N) is 1. The lowest BCUT2D eigenvalue weighted by molar-refractivity contribution is 0.275. The molecule has 1 atom stereocenters. The van der Waals surface area contributed by atoms with Gasteiger partial charge in [-0.25, -0.2) is 0 Å². The van der Waals surface area contributed by atoms with Crippen molar-refractivity contribution in [1.82, 2.24) is 4.98 Å². The maximum atomic E-state index is 8.73. The highest BCUT2D eigenvalue weighted by Crippen LogP contribution is 2.14. The molecular formula is C9H11N3O. The molecule has 0 saturated carbocycles. The molecule has 0 amide bonds. The fraction of sp³-hybridized carbons (Fsp3) is 0.333. The van der Waals surface area contributed by atoms with Crippen LogP contribution in [0.2, 0.25) is 0 Å². The monoisotopic (exact) mass is 177 g/mol. The van der Waals surface area contributed by atoms with Crippen LogP contribution >= 0.6 is 0 Å². The number of nitrogens with zero attached hydrogens (tertiary/aromatic N) is 2. The summed E-state index contributed by atoms with van der Waals surface area (Å²) in [5, 5.41) is 17.4. The second kappa shape index (κ2) is 4.55. The number of aromatic nitrogens is 1. The van der Waals surface area contributed by atoms with Crippen molar-refractivity contribution in [3.63, 3.8) is 0 Å². The molecule has 1 rings (SSSR count). The fourth-order valence-corrected chi connectivity index (χ4v) is 1.08. The molecular weight excluding hydrogens is 166 g/mol. The van der Waals surface area contributed by atoms with Gasteiger partial charge in [0, 0.05) is 12.8 Å². The summed E-state index contributed by atoms with van der Waals surface area (Å²) < 4.78 is 0.